The fourth-order valence-electron chi connectivity index (χ4n) is 2.54. The van der Waals surface area contributed by atoms with Crippen LogP contribution in [-0.2, 0) is 0 Å². The van der Waals surface area contributed by atoms with Crippen LogP contribution in [0.25, 0.3) is 0 Å². The van der Waals surface area contributed by atoms with Gasteiger partial charge in [0.15, 0.2) is 11.5 Å². The van der Waals surface area contributed by atoms with Crippen molar-refractivity contribution in [3.8, 4) is 11.5 Å². The van der Waals surface area contributed by atoms with E-state index in [2.05, 4.69) is 33.0 Å². The molecule has 0 amide bonds. The summed E-state index contributed by atoms with van der Waals surface area (Å²) < 4.78 is 11.8. The average molecular weight is 349 g/mol. The maximum Gasteiger partial charge on any atom is 0.231 e. The number of ether oxygens (including phenoxy) is 2. The topological polar surface area (TPSA) is 47.7 Å². The van der Waals surface area contributed by atoms with Gasteiger partial charge in [0.1, 0.15) is 0 Å². The molecule has 2 aromatic carbocycles. The molecule has 0 aliphatic carbocycles. The van der Waals surface area contributed by atoms with Crippen LogP contribution in [0.1, 0.15) is 11.6 Å². The van der Waals surface area contributed by atoms with Gasteiger partial charge in [-0.3, -0.25) is 0 Å². The maximum absolute atomic E-state index is 6.01. The number of rotatable bonds is 4. The Morgan fingerprint density at radius 3 is 2.71 bits per heavy atom. The van der Waals surface area contributed by atoms with Crippen LogP contribution in [0.3, 0.4) is 0 Å². The monoisotopic (exact) mass is 348 g/mol. The zero-order chi connectivity index (χ0) is 14.8. The summed E-state index contributed by atoms with van der Waals surface area (Å²) in [4.78, 5) is 2.17. The third-order valence-electron chi connectivity index (χ3n) is 3.69. The van der Waals surface area contributed by atoms with E-state index in [4.69, 9.17) is 15.2 Å². The van der Waals surface area contributed by atoms with Crippen molar-refractivity contribution in [1.29, 1.82) is 0 Å². The van der Waals surface area contributed by atoms with E-state index < -0.39 is 0 Å². The summed E-state index contributed by atoms with van der Waals surface area (Å²) in [5.41, 5.74) is 8.23. The minimum Gasteiger partial charge on any atom is -0.454 e. The van der Waals surface area contributed by atoms with Gasteiger partial charge in [0.05, 0.1) is 10.5 Å². The smallest absolute Gasteiger partial charge is 0.231 e. The predicted octanol–water partition coefficient (Wildman–Crippen LogP) is 3.31. The predicted molar refractivity (Wildman–Crippen MR) is 86.9 cm³/mol. The molecule has 4 nitrogen and oxygen atoms in total. The number of nitrogens with two attached hydrogens (primary N) is 1. The number of hydrogen-bond donors (Lipinski definition) is 1. The zero-order valence-corrected chi connectivity index (χ0v) is 13.3. The molecule has 0 spiro atoms. The van der Waals surface area contributed by atoms with E-state index in [1.807, 2.05) is 37.4 Å². The van der Waals surface area contributed by atoms with Crippen molar-refractivity contribution >= 4 is 21.6 Å². The Hall–Kier alpha value is -1.72. The summed E-state index contributed by atoms with van der Waals surface area (Å²) in [5.74, 6) is 1.52. The van der Waals surface area contributed by atoms with Crippen molar-refractivity contribution in [2.24, 2.45) is 5.73 Å². The summed E-state index contributed by atoms with van der Waals surface area (Å²) in [6.07, 6.45) is 0. The third kappa shape index (κ3) is 2.71. The molecule has 0 saturated carbocycles. The molecule has 0 fully saturated rings. The number of fused-ring (bicyclic) bond motifs is 1. The molecule has 21 heavy (non-hydrogen) atoms. The fraction of sp³-hybridized carbons (Fsp3) is 0.250. The van der Waals surface area contributed by atoms with E-state index in [-0.39, 0.29) is 12.8 Å². The minimum absolute atomic E-state index is 0.0678. The summed E-state index contributed by atoms with van der Waals surface area (Å²) in [5, 5.41) is 0. The Bertz CT molecular complexity index is 634. The lowest BCUT2D eigenvalue weighted by Gasteiger charge is -2.29. The highest BCUT2D eigenvalue weighted by Gasteiger charge is 2.23. The van der Waals surface area contributed by atoms with E-state index in [1.54, 1.807) is 0 Å². The summed E-state index contributed by atoms with van der Waals surface area (Å²) in [6.45, 7) is 0.774. The highest BCUT2D eigenvalue weighted by molar-refractivity contribution is 9.10. The summed E-state index contributed by atoms with van der Waals surface area (Å²) in [6, 6.07) is 14.3. The van der Waals surface area contributed by atoms with Crippen molar-refractivity contribution in [2.45, 2.75) is 6.04 Å². The summed E-state index contributed by atoms with van der Waals surface area (Å²) in [7, 11) is 2.05. The zero-order valence-electron chi connectivity index (χ0n) is 11.8. The highest BCUT2D eigenvalue weighted by atomic mass is 79.9. The van der Waals surface area contributed by atoms with E-state index in [9.17, 15) is 0 Å². The van der Waals surface area contributed by atoms with E-state index in [0.29, 0.717) is 6.54 Å². The van der Waals surface area contributed by atoms with Crippen LogP contribution in [0.5, 0.6) is 11.5 Å². The molecular formula is C16H17BrN2O2. The number of nitrogens with zero attached hydrogens (tertiary/aromatic N) is 1. The van der Waals surface area contributed by atoms with Gasteiger partial charge in [0.2, 0.25) is 6.79 Å². The van der Waals surface area contributed by atoms with Crippen molar-refractivity contribution in [3.63, 3.8) is 0 Å². The first-order valence-electron chi connectivity index (χ1n) is 6.77. The molecule has 1 atom stereocenters. The van der Waals surface area contributed by atoms with Crippen molar-refractivity contribution in [2.75, 3.05) is 25.3 Å². The molecule has 2 aromatic rings. The number of hydrogen-bond acceptors (Lipinski definition) is 4. The van der Waals surface area contributed by atoms with Gasteiger partial charge in [-0.2, -0.15) is 0 Å². The fourth-order valence-corrected chi connectivity index (χ4v) is 3.11. The molecule has 0 saturated heterocycles. The maximum atomic E-state index is 6.01. The minimum atomic E-state index is 0.0678. The largest absolute Gasteiger partial charge is 0.454 e. The molecule has 5 heteroatoms. The Morgan fingerprint density at radius 2 is 2.00 bits per heavy atom. The average Bonchev–Trinajstić information content (AvgIpc) is 2.98. The van der Waals surface area contributed by atoms with Crippen LogP contribution in [0.2, 0.25) is 0 Å². The van der Waals surface area contributed by atoms with E-state index in [0.717, 1.165) is 27.2 Å². The molecule has 1 aliphatic heterocycles. The Labute approximate surface area is 132 Å². The van der Waals surface area contributed by atoms with Crippen LogP contribution >= 0.6 is 15.9 Å². The Balaban J connectivity index is 1.95. The quantitative estimate of drug-likeness (QED) is 0.920. The second-order valence-electron chi connectivity index (χ2n) is 4.93. The Morgan fingerprint density at radius 1 is 1.24 bits per heavy atom. The number of halogens is 1. The third-order valence-corrected chi connectivity index (χ3v) is 4.28. The van der Waals surface area contributed by atoms with Crippen LogP contribution in [-0.4, -0.2) is 20.4 Å². The number of para-hydroxylation sites is 1. The number of likely N-dealkylation sites (N-methyl/N-ethyl adjacent to an activating group) is 1. The normalized spacial score (nSPS) is 14.0. The van der Waals surface area contributed by atoms with Gasteiger partial charge in [-0.25, -0.2) is 0 Å². The van der Waals surface area contributed by atoms with Gasteiger partial charge in [-0.1, -0.05) is 18.2 Å². The van der Waals surface area contributed by atoms with Gasteiger partial charge in [-0.15, -0.1) is 0 Å². The van der Waals surface area contributed by atoms with Gasteiger partial charge in [0.25, 0.3) is 0 Å². The summed E-state index contributed by atoms with van der Waals surface area (Å²) >= 11 is 3.54. The van der Waals surface area contributed by atoms with E-state index in [1.165, 1.54) is 0 Å². The first-order valence-corrected chi connectivity index (χ1v) is 7.57. The standard InChI is InChI=1S/C16H17BrN2O2/c1-19(12-5-3-2-4-6-12)14(9-18)11-7-13(17)16-15(8-11)20-10-21-16/h2-8,14H,9-10,18H2,1H3. The molecular weight excluding hydrogens is 332 g/mol. The second-order valence-corrected chi connectivity index (χ2v) is 5.79. The Kier molecular flexibility index (Phi) is 4.03. The van der Waals surface area contributed by atoms with Crippen molar-refractivity contribution in [1.82, 2.24) is 0 Å². The molecule has 1 aliphatic rings. The molecule has 1 heterocycles. The van der Waals surface area contributed by atoms with Gasteiger partial charge in [0, 0.05) is 19.3 Å². The van der Waals surface area contributed by atoms with Crippen LogP contribution < -0.4 is 20.1 Å². The van der Waals surface area contributed by atoms with Crippen molar-refractivity contribution < 1.29 is 9.47 Å². The molecule has 3 rings (SSSR count). The molecule has 2 N–H and O–H groups in total. The molecule has 0 aromatic heterocycles. The molecule has 0 radical (unpaired) electrons. The van der Waals surface area contributed by atoms with Crippen LogP contribution in [0.4, 0.5) is 5.69 Å². The first-order chi connectivity index (χ1) is 10.2. The van der Waals surface area contributed by atoms with E-state index >= 15 is 0 Å². The lowest BCUT2D eigenvalue weighted by Crippen LogP contribution is -2.30. The lowest BCUT2D eigenvalue weighted by atomic mass is 10.0. The SMILES string of the molecule is CN(c1ccccc1)C(CN)c1cc(Br)c2c(c1)OCO2. The molecule has 1 unspecified atom stereocenters. The van der Waals surface area contributed by atoms with Crippen molar-refractivity contribution in [3.05, 3.63) is 52.5 Å². The van der Waals surface area contributed by atoms with Gasteiger partial charge in [-0.05, 0) is 45.8 Å². The molecule has 0 bridgehead atoms. The van der Waals surface area contributed by atoms with Gasteiger partial charge < -0.3 is 20.1 Å². The molecule has 110 valence electrons. The lowest BCUT2D eigenvalue weighted by molar-refractivity contribution is 0.173. The number of anilines is 1. The first kappa shape index (κ1) is 14.2. The number of benzene rings is 2. The van der Waals surface area contributed by atoms with Gasteiger partial charge >= 0.3 is 0 Å². The second kappa shape index (κ2) is 5.95. The van der Waals surface area contributed by atoms with Crippen LogP contribution in [0, 0.1) is 0 Å². The highest BCUT2D eigenvalue weighted by Crippen LogP contribution is 2.42. The van der Waals surface area contributed by atoms with Crippen LogP contribution in [0.15, 0.2) is 46.9 Å².